The molecule has 162 valence electrons. The number of carbonyl (C=O) groups excluding carboxylic acids is 2. The molecule has 0 saturated carbocycles. The summed E-state index contributed by atoms with van der Waals surface area (Å²) in [5, 5.41) is 5.90. The number of carbonyl (C=O) groups is 2. The first kappa shape index (κ1) is 23.5. The van der Waals surface area contributed by atoms with E-state index in [0.717, 1.165) is 17.7 Å². The molecule has 2 rings (SSSR count). The zero-order valence-electron chi connectivity index (χ0n) is 16.6. The van der Waals surface area contributed by atoms with Crippen molar-refractivity contribution in [2.45, 2.75) is 26.4 Å². The summed E-state index contributed by atoms with van der Waals surface area (Å²) in [6.07, 6.45) is -4.01. The zero-order chi connectivity index (χ0) is 22.3. The van der Waals surface area contributed by atoms with Crippen molar-refractivity contribution in [1.29, 1.82) is 0 Å². The molecule has 0 radical (unpaired) electrons. The monoisotopic (exact) mass is 441 g/mol. The average Bonchev–Trinajstić information content (AvgIpc) is 2.68. The van der Waals surface area contributed by atoms with Crippen LogP contribution in [0.1, 0.15) is 23.6 Å². The Morgan fingerprint density at radius 3 is 2.37 bits per heavy atom. The topological polar surface area (TPSA) is 61.4 Å². The van der Waals surface area contributed by atoms with E-state index in [9.17, 15) is 22.8 Å². The summed E-state index contributed by atoms with van der Waals surface area (Å²) < 4.78 is 37.8. The zero-order valence-corrected chi connectivity index (χ0v) is 17.4. The molecule has 2 aromatic carbocycles. The van der Waals surface area contributed by atoms with Gasteiger partial charge in [-0.25, -0.2) is 4.79 Å². The van der Waals surface area contributed by atoms with Crippen LogP contribution in [0.5, 0.6) is 0 Å². The lowest BCUT2D eigenvalue weighted by atomic mass is 10.1. The van der Waals surface area contributed by atoms with Gasteiger partial charge in [-0.3, -0.25) is 4.79 Å². The molecule has 0 aliphatic carbocycles. The highest BCUT2D eigenvalue weighted by Gasteiger charge is 2.29. The molecule has 0 atom stereocenters. The molecule has 5 nitrogen and oxygen atoms in total. The number of amides is 3. The predicted octanol–water partition coefficient (Wildman–Crippen LogP) is 4.88. The Morgan fingerprint density at radius 2 is 1.77 bits per heavy atom. The fourth-order valence-corrected chi connectivity index (χ4v) is 2.88. The number of aryl methyl sites for hydroxylation is 1. The standard InChI is InChI=1S/C21H23ClF3N3O2/c1-3-28(13-19(29)27-18-12-17(22)9-4-14(18)2)20(30)26-11-10-15-5-7-16(8-6-15)21(23,24)25/h4-9,12H,3,10-11,13H2,1-2H3,(H,26,30)(H,27,29). The van der Waals surface area contributed by atoms with Gasteiger partial charge in [0, 0.05) is 23.8 Å². The van der Waals surface area contributed by atoms with Gasteiger partial charge in [0.2, 0.25) is 5.91 Å². The molecule has 0 spiro atoms. The molecule has 9 heteroatoms. The third-order valence-corrected chi connectivity index (χ3v) is 4.68. The first-order chi connectivity index (χ1) is 14.1. The van der Waals surface area contributed by atoms with E-state index in [1.807, 2.05) is 6.92 Å². The van der Waals surface area contributed by atoms with Crippen LogP contribution in [0.15, 0.2) is 42.5 Å². The van der Waals surface area contributed by atoms with E-state index in [-0.39, 0.29) is 19.0 Å². The maximum absolute atomic E-state index is 12.6. The van der Waals surface area contributed by atoms with Crippen molar-refractivity contribution in [3.63, 3.8) is 0 Å². The number of halogens is 4. The number of hydrogen-bond acceptors (Lipinski definition) is 2. The van der Waals surface area contributed by atoms with Gasteiger partial charge in [0.1, 0.15) is 6.54 Å². The van der Waals surface area contributed by atoms with Gasteiger partial charge in [-0.2, -0.15) is 13.2 Å². The minimum Gasteiger partial charge on any atom is -0.338 e. The fraction of sp³-hybridized carbons (Fsp3) is 0.333. The third-order valence-electron chi connectivity index (χ3n) is 4.45. The molecule has 3 amide bonds. The van der Waals surface area contributed by atoms with E-state index < -0.39 is 17.8 Å². The van der Waals surface area contributed by atoms with Crippen molar-refractivity contribution in [2.75, 3.05) is 25.0 Å². The minimum atomic E-state index is -4.38. The van der Waals surface area contributed by atoms with Crippen LogP contribution in [0.3, 0.4) is 0 Å². The number of likely N-dealkylation sites (N-methyl/N-ethyl adjacent to an activating group) is 1. The number of urea groups is 1. The summed E-state index contributed by atoms with van der Waals surface area (Å²) >= 11 is 5.94. The third kappa shape index (κ3) is 6.95. The second-order valence-corrected chi connectivity index (χ2v) is 7.13. The molecular formula is C21H23ClF3N3O2. The number of rotatable bonds is 7. The highest BCUT2D eigenvalue weighted by Crippen LogP contribution is 2.29. The van der Waals surface area contributed by atoms with Crippen LogP contribution in [0.25, 0.3) is 0 Å². The Morgan fingerprint density at radius 1 is 1.10 bits per heavy atom. The van der Waals surface area contributed by atoms with Crippen molar-refractivity contribution in [1.82, 2.24) is 10.2 Å². The lowest BCUT2D eigenvalue weighted by Gasteiger charge is -2.21. The first-order valence-corrected chi connectivity index (χ1v) is 9.73. The van der Waals surface area contributed by atoms with Gasteiger partial charge in [-0.1, -0.05) is 29.8 Å². The van der Waals surface area contributed by atoms with E-state index >= 15 is 0 Å². The molecule has 2 aromatic rings. The van der Waals surface area contributed by atoms with Gasteiger partial charge in [-0.05, 0) is 55.7 Å². The molecule has 0 unspecified atom stereocenters. The second kappa shape index (κ2) is 10.3. The van der Waals surface area contributed by atoms with E-state index in [1.54, 1.807) is 25.1 Å². The number of nitrogens with zero attached hydrogens (tertiary/aromatic N) is 1. The van der Waals surface area contributed by atoms with Crippen molar-refractivity contribution in [3.8, 4) is 0 Å². The lowest BCUT2D eigenvalue weighted by Crippen LogP contribution is -2.44. The van der Waals surface area contributed by atoms with Crippen molar-refractivity contribution in [2.24, 2.45) is 0 Å². The normalized spacial score (nSPS) is 11.1. The van der Waals surface area contributed by atoms with Crippen LogP contribution in [-0.2, 0) is 17.4 Å². The smallest absolute Gasteiger partial charge is 0.338 e. The summed E-state index contributed by atoms with van der Waals surface area (Å²) in [6.45, 7) is 3.98. The Balaban J connectivity index is 1.84. The Bertz CT molecular complexity index is 886. The molecule has 2 N–H and O–H groups in total. The molecule has 0 bridgehead atoms. The van der Waals surface area contributed by atoms with E-state index in [2.05, 4.69) is 10.6 Å². The van der Waals surface area contributed by atoms with Crippen molar-refractivity contribution >= 4 is 29.2 Å². The molecule has 0 aliphatic heterocycles. The van der Waals surface area contributed by atoms with Crippen LogP contribution in [0.2, 0.25) is 5.02 Å². The quantitative estimate of drug-likeness (QED) is 0.643. The van der Waals surface area contributed by atoms with Gasteiger partial charge in [0.25, 0.3) is 0 Å². The van der Waals surface area contributed by atoms with E-state index in [0.29, 0.717) is 29.2 Å². The van der Waals surface area contributed by atoms with Crippen LogP contribution < -0.4 is 10.6 Å². The van der Waals surface area contributed by atoms with Gasteiger partial charge >= 0.3 is 12.2 Å². The summed E-state index contributed by atoms with van der Waals surface area (Å²) in [5.41, 5.74) is 1.37. The van der Waals surface area contributed by atoms with Gasteiger partial charge in [0.15, 0.2) is 0 Å². The number of hydrogen-bond donors (Lipinski definition) is 2. The van der Waals surface area contributed by atoms with E-state index in [4.69, 9.17) is 11.6 Å². The highest BCUT2D eigenvalue weighted by atomic mass is 35.5. The summed E-state index contributed by atoms with van der Waals surface area (Å²) in [7, 11) is 0. The molecule has 30 heavy (non-hydrogen) atoms. The van der Waals surface area contributed by atoms with Crippen LogP contribution in [-0.4, -0.2) is 36.5 Å². The van der Waals surface area contributed by atoms with Gasteiger partial charge in [0.05, 0.1) is 5.56 Å². The molecular weight excluding hydrogens is 419 g/mol. The average molecular weight is 442 g/mol. The predicted molar refractivity (Wildman–Crippen MR) is 111 cm³/mol. The van der Waals surface area contributed by atoms with Gasteiger partial charge in [-0.15, -0.1) is 0 Å². The van der Waals surface area contributed by atoms with Crippen LogP contribution in [0, 0.1) is 6.92 Å². The fourth-order valence-electron chi connectivity index (χ4n) is 2.71. The van der Waals surface area contributed by atoms with Crippen LogP contribution in [0.4, 0.5) is 23.7 Å². The Hall–Kier alpha value is -2.74. The number of anilines is 1. The Labute approximate surface area is 178 Å². The molecule has 0 aliphatic rings. The van der Waals surface area contributed by atoms with Crippen molar-refractivity contribution in [3.05, 3.63) is 64.2 Å². The minimum absolute atomic E-state index is 0.144. The molecule has 0 saturated heterocycles. The highest BCUT2D eigenvalue weighted by molar-refractivity contribution is 6.31. The van der Waals surface area contributed by atoms with Crippen LogP contribution >= 0.6 is 11.6 Å². The lowest BCUT2D eigenvalue weighted by molar-refractivity contribution is -0.137. The molecule has 0 aromatic heterocycles. The van der Waals surface area contributed by atoms with Crippen molar-refractivity contribution < 1.29 is 22.8 Å². The number of nitrogens with one attached hydrogen (secondary N) is 2. The number of alkyl halides is 3. The summed E-state index contributed by atoms with van der Waals surface area (Å²) in [4.78, 5) is 25.9. The van der Waals surface area contributed by atoms with Gasteiger partial charge < -0.3 is 15.5 Å². The van der Waals surface area contributed by atoms with E-state index in [1.165, 1.54) is 17.0 Å². The maximum atomic E-state index is 12.6. The summed E-state index contributed by atoms with van der Waals surface area (Å²) in [5.74, 6) is -0.361. The molecule has 0 heterocycles. The number of benzene rings is 2. The second-order valence-electron chi connectivity index (χ2n) is 6.70. The molecule has 0 fully saturated rings. The first-order valence-electron chi connectivity index (χ1n) is 9.35. The maximum Gasteiger partial charge on any atom is 0.416 e. The largest absolute Gasteiger partial charge is 0.416 e. The SMILES string of the molecule is CCN(CC(=O)Nc1cc(Cl)ccc1C)C(=O)NCCc1ccc(C(F)(F)F)cc1. The summed E-state index contributed by atoms with van der Waals surface area (Å²) in [6, 6.07) is 9.49. The Kier molecular flexibility index (Phi) is 8.11.